The molecule has 18 heavy (non-hydrogen) atoms. The van der Waals surface area contributed by atoms with Gasteiger partial charge in [0.25, 0.3) is 0 Å². The van der Waals surface area contributed by atoms with Gasteiger partial charge in [-0.15, -0.1) is 11.6 Å². The van der Waals surface area contributed by atoms with E-state index in [0.717, 1.165) is 29.6 Å². The standard InChI is InChI=1S/C14H17ClN2O/c1-3-11(2)17-13-8-5-4-7-12(13)16(14(17)18)10-6-9-15/h4-5,7-8H,2-3,6,9-10H2,1H3. The molecule has 0 unspecified atom stereocenters. The SMILES string of the molecule is C=C(CC)n1c(=O)n(CCCCl)c2ccccc21. The van der Waals surface area contributed by atoms with E-state index in [9.17, 15) is 4.79 Å². The van der Waals surface area contributed by atoms with Crippen LogP contribution in [0, 0.1) is 0 Å². The third kappa shape index (κ3) is 2.10. The number of hydrogen-bond donors (Lipinski definition) is 0. The number of fused-ring (bicyclic) bond motifs is 1. The van der Waals surface area contributed by atoms with Gasteiger partial charge in [0.05, 0.1) is 11.0 Å². The van der Waals surface area contributed by atoms with E-state index in [4.69, 9.17) is 11.6 Å². The third-order valence-corrected chi connectivity index (χ3v) is 3.34. The first-order valence-electron chi connectivity index (χ1n) is 6.15. The Morgan fingerprint density at radius 1 is 1.33 bits per heavy atom. The molecular formula is C14H17ClN2O. The second-order valence-corrected chi connectivity index (χ2v) is 4.60. The van der Waals surface area contributed by atoms with Crippen LogP contribution in [0.1, 0.15) is 19.8 Å². The molecule has 0 amide bonds. The highest BCUT2D eigenvalue weighted by atomic mass is 35.5. The molecule has 1 aromatic carbocycles. The van der Waals surface area contributed by atoms with Crippen LogP contribution in [0.2, 0.25) is 0 Å². The highest BCUT2D eigenvalue weighted by Gasteiger charge is 2.13. The Morgan fingerprint density at radius 2 is 2.00 bits per heavy atom. The van der Waals surface area contributed by atoms with E-state index in [2.05, 4.69) is 6.58 Å². The van der Waals surface area contributed by atoms with Gasteiger partial charge in [-0.1, -0.05) is 25.6 Å². The summed E-state index contributed by atoms with van der Waals surface area (Å²) < 4.78 is 3.47. The van der Waals surface area contributed by atoms with E-state index in [1.807, 2.05) is 31.2 Å². The Morgan fingerprint density at radius 3 is 2.61 bits per heavy atom. The van der Waals surface area contributed by atoms with Gasteiger partial charge in [-0.3, -0.25) is 9.13 Å². The summed E-state index contributed by atoms with van der Waals surface area (Å²) in [6, 6.07) is 7.80. The zero-order valence-corrected chi connectivity index (χ0v) is 11.3. The third-order valence-electron chi connectivity index (χ3n) is 3.08. The van der Waals surface area contributed by atoms with Crippen molar-refractivity contribution >= 4 is 28.3 Å². The number of para-hydroxylation sites is 2. The van der Waals surface area contributed by atoms with Crippen molar-refractivity contribution in [3.8, 4) is 0 Å². The monoisotopic (exact) mass is 264 g/mol. The van der Waals surface area contributed by atoms with Crippen LogP contribution < -0.4 is 5.69 Å². The van der Waals surface area contributed by atoms with E-state index in [1.54, 1.807) is 9.13 Å². The van der Waals surface area contributed by atoms with Crippen LogP contribution in [-0.2, 0) is 6.54 Å². The molecular weight excluding hydrogens is 248 g/mol. The summed E-state index contributed by atoms with van der Waals surface area (Å²) in [5.41, 5.74) is 2.67. The van der Waals surface area contributed by atoms with Gasteiger partial charge in [0.1, 0.15) is 0 Å². The number of imidazole rings is 1. The fourth-order valence-electron chi connectivity index (χ4n) is 2.11. The Labute approximate surface area is 111 Å². The molecule has 4 heteroatoms. The first-order valence-corrected chi connectivity index (χ1v) is 6.68. The largest absolute Gasteiger partial charge is 0.333 e. The normalized spacial score (nSPS) is 11.0. The molecule has 0 atom stereocenters. The maximum Gasteiger partial charge on any atom is 0.333 e. The van der Waals surface area contributed by atoms with Crippen LogP contribution in [0.5, 0.6) is 0 Å². The number of hydrogen-bond acceptors (Lipinski definition) is 1. The first kappa shape index (κ1) is 13.0. The quantitative estimate of drug-likeness (QED) is 0.761. The summed E-state index contributed by atoms with van der Waals surface area (Å²) in [4.78, 5) is 12.4. The Balaban J connectivity index is 2.67. The Bertz CT molecular complexity index is 624. The van der Waals surface area contributed by atoms with Crippen molar-refractivity contribution in [3.63, 3.8) is 0 Å². The molecule has 1 aromatic heterocycles. The summed E-state index contributed by atoms with van der Waals surface area (Å²) >= 11 is 5.71. The lowest BCUT2D eigenvalue weighted by molar-refractivity contribution is 0.667. The number of halogens is 1. The molecule has 3 nitrogen and oxygen atoms in total. The zero-order chi connectivity index (χ0) is 13.1. The van der Waals surface area contributed by atoms with E-state index in [1.165, 1.54) is 0 Å². The first-order chi connectivity index (χ1) is 8.70. The van der Waals surface area contributed by atoms with Gasteiger partial charge in [0, 0.05) is 18.1 Å². The lowest BCUT2D eigenvalue weighted by Gasteiger charge is -2.03. The number of aromatic nitrogens is 2. The Hall–Kier alpha value is -1.48. The average Bonchev–Trinajstić information content (AvgIpc) is 2.68. The van der Waals surface area contributed by atoms with Gasteiger partial charge in [-0.25, -0.2) is 4.79 Å². The second-order valence-electron chi connectivity index (χ2n) is 4.22. The van der Waals surface area contributed by atoms with Crippen LogP contribution in [0.25, 0.3) is 16.7 Å². The van der Waals surface area contributed by atoms with Gasteiger partial charge in [0.2, 0.25) is 0 Å². The molecule has 0 saturated heterocycles. The predicted molar refractivity (Wildman–Crippen MR) is 77.2 cm³/mol. The van der Waals surface area contributed by atoms with Crippen molar-refractivity contribution in [3.05, 3.63) is 41.3 Å². The van der Waals surface area contributed by atoms with Crippen LogP contribution in [0.15, 0.2) is 35.6 Å². The van der Waals surface area contributed by atoms with Crippen molar-refractivity contribution < 1.29 is 0 Å². The summed E-state index contributed by atoms with van der Waals surface area (Å²) in [5.74, 6) is 0.556. The molecule has 2 rings (SSSR count). The van der Waals surface area contributed by atoms with Crippen molar-refractivity contribution in [1.29, 1.82) is 0 Å². The van der Waals surface area contributed by atoms with E-state index < -0.39 is 0 Å². The molecule has 0 bridgehead atoms. The topological polar surface area (TPSA) is 26.9 Å². The molecule has 0 fully saturated rings. The number of nitrogens with zero attached hydrogens (tertiary/aromatic N) is 2. The molecule has 0 aliphatic heterocycles. The summed E-state index contributed by atoms with van der Waals surface area (Å²) in [5, 5.41) is 0. The molecule has 0 spiro atoms. The molecule has 0 N–H and O–H groups in total. The predicted octanol–water partition coefficient (Wildman–Crippen LogP) is 3.31. The van der Waals surface area contributed by atoms with Gasteiger partial charge < -0.3 is 0 Å². The van der Waals surface area contributed by atoms with E-state index in [-0.39, 0.29) is 5.69 Å². The van der Waals surface area contributed by atoms with E-state index in [0.29, 0.717) is 12.4 Å². The maximum absolute atomic E-state index is 12.4. The van der Waals surface area contributed by atoms with Crippen molar-refractivity contribution in [2.45, 2.75) is 26.3 Å². The number of benzene rings is 1. The molecule has 96 valence electrons. The van der Waals surface area contributed by atoms with Gasteiger partial charge in [-0.05, 0) is 25.0 Å². The van der Waals surface area contributed by atoms with E-state index >= 15 is 0 Å². The highest BCUT2D eigenvalue weighted by molar-refractivity contribution is 6.17. The van der Waals surface area contributed by atoms with Crippen LogP contribution in [0.4, 0.5) is 0 Å². The van der Waals surface area contributed by atoms with Gasteiger partial charge >= 0.3 is 5.69 Å². The lowest BCUT2D eigenvalue weighted by Crippen LogP contribution is -2.23. The number of rotatable bonds is 5. The number of alkyl halides is 1. The van der Waals surface area contributed by atoms with Crippen LogP contribution in [-0.4, -0.2) is 15.0 Å². The molecule has 0 aliphatic rings. The zero-order valence-electron chi connectivity index (χ0n) is 10.5. The molecule has 0 saturated carbocycles. The molecule has 2 aromatic rings. The highest BCUT2D eigenvalue weighted by Crippen LogP contribution is 2.17. The summed E-state index contributed by atoms with van der Waals surface area (Å²) in [6.45, 7) is 6.62. The van der Waals surface area contributed by atoms with Gasteiger partial charge in [-0.2, -0.15) is 0 Å². The van der Waals surface area contributed by atoms with Crippen molar-refractivity contribution in [2.75, 3.05) is 5.88 Å². The minimum Gasteiger partial charge on any atom is -0.292 e. The fraction of sp³-hybridized carbons (Fsp3) is 0.357. The fourth-order valence-corrected chi connectivity index (χ4v) is 2.23. The minimum absolute atomic E-state index is 0.0202. The average molecular weight is 265 g/mol. The summed E-state index contributed by atoms with van der Waals surface area (Å²) in [7, 11) is 0. The van der Waals surface area contributed by atoms with Crippen molar-refractivity contribution in [1.82, 2.24) is 9.13 Å². The lowest BCUT2D eigenvalue weighted by atomic mass is 10.3. The van der Waals surface area contributed by atoms with Crippen LogP contribution >= 0.6 is 11.6 Å². The molecule has 0 radical (unpaired) electrons. The summed E-state index contributed by atoms with van der Waals surface area (Å²) in [6.07, 6.45) is 1.54. The number of aryl methyl sites for hydroxylation is 1. The maximum atomic E-state index is 12.4. The number of allylic oxidation sites excluding steroid dienone is 1. The smallest absolute Gasteiger partial charge is 0.292 e. The second kappa shape index (κ2) is 5.44. The molecule has 0 aliphatic carbocycles. The van der Waals surface area contributed by atoms with Crippen molar-refractivity contribution in [2.24, 2.45) is 0 Å². The van der Waals surface area contributed by atoms with Crippen LogP contribution in [0.3, 0.4) is 0 Å². The Kier molecular flexibility index (Phi) is 3.92. The minimum atomic E-state index is -0.0202. The molecule has 1 heterocycles. The van der Waals surface area contributed by atoms with Gasteiger partial charge in [0.15, 0.2) is 0 Å².